The van der Waals surface area contributed by atoms with Crippen LogP contribution < -0.4 is 0 Å². The largest absolute Gasteiger partial charge is 0.389 e. The maximum Gasteiger partial charge on any atom is 0.365 e. The highest BCUT2D eigenvalue weighted by atomic mass is 35.5. The Hall–Kier alpha value is -4.85. The predicted molar refractivity (Wildman–Crippen MR) is 208 cm³/mol. The van der Waals surface area contributed by atoms with Crippen molar-refractivity contribution in [2.45, 2.75) is 62.5 Å². The summed E-state index contributed by atoms with van der Waals surface area (Å²) in [6, 6.07) is 15.1. The van der Waals surface area contributed by atoms with Gasteiger partial charge in [0.25, 0.3) is 11.8 Å². The maximum atomic E-state index is 15.4. The number of carbonyl (C=O) groups excluding carboxylic acids is 2. The number of nitrogens with zero attached hydrogens (tertiary/aromatic N) is 4. The molecule has 0 spiro atoms. The van der Waals surface area contributed by atoms with E-state index in [0.29, 0.717) is 17.2 Å². The van der Waals surface area contributed by atoms with Crippen molar-refractivity contribution in [2.75, 3.05) is 0 Å². The minimum absolute atomic E-state index is 0.0258. The van der Waals surface area contributed by atoms with E-state index in [0.717, 1.165) is 24.3 Å². The number of amides is 2. The molecule has 0 aromatic heterocycles. The Bertz CT molecular complexity index is 2590. The standard InChI is InChI=1S/C19H15ClF4N2O3S.C19H16ClF3N2O3S/c1-18(2)10-15(25-29-18)30(28,26-17(27)11-6-8-12(20)9-7-11)19(23,24)16-13(21)4-3-5-14(16)22;1-19(2)10-15(24-28-19)29(27,17(23)16-13(21)4-3-5-14(16)22)25-18(26)11-6-8-12(20)9-7-11/h3-9H,10H2,1-2H3;3-9,17H,10H2,1-2H3. The molecule has 4 aromatic carbocycles. The molecule has 21 heteroatoms. The second-order valence-corrected chi connectivity index (χ2v) is 19.3. The molecule has 2 aliphatic heterocycles. The molecule has 2 aliphatic rings. The lowest BCUT2D eigenvalue weighted by molar-refractivity contribution is 0.0120. The van der Waals surface area contributed by atoms with Gasteiger partial charge in [0.1, 0.15) is 49.8 Å². The van der Waals surface area contributed by atoms with Gasteiger partial charge in [-0.3, -0.25) is 9.59 Å². The number of rotatable bonds is 6. The topological polar surface area (TPSA) is 136 Å². The quantitative estimate of drug-likeness (QED) is 0.177. The lowest BCUT2D eigenvalue weighted by Gasteiger charge is -2.22. The SMILES string of the molecule is CC1(C)CC(S(=O)(=NC(=O)c2ccc(Cl)cc2)C(F)(F)c2c(F)cccc2F)=NO1.CC1(C)CC(S(=O)(=NC(=O)c2ccc(Cl)cc2)C(F)c2c(F)cccc2F)=NO1. The summed E-state index contributed by atoms with van der Waals surface area (Å²) < 4.78 is 137. The second kappa shape index (κ2) is 17.0. The highest BCUT2D eigenvalue weighted by Gasteiger charge is 2.54. The van der Waals surface area contributed by atoms with Crippen molar-refractivity contribution in [3.05, 3.63) is 140 Å². The number of oxime groups is 2. The normalized spacial score (nSPS) is 18.0. The van der Waals surface area contributed by atoms with E-state index >= 15 is 13.2 Å². The number of halogens is 9. The Balaban J connectivity index is 0.000000224. The van der Waals surface area contributed by atoms with Crippen molar-refractivity contribution in [3.63, 3.8) is 0 Å². The van der Waals surface area contributed by atoms with Gasteiger partial charge in [0.15, 0.2) is 19.8 Å². The number of carbonyl (C=O) groups is 2. The molecule has 0 saturated heterocycles. The van der Waals surface area contributed by atoms with Crippen molar-refractivity contribution in [2.24, 2.45) is 19.0 Å². The first-order chi connectivity index (χ1) is 27.4. The molecule has 6 rings (SSSR count). The summed E-state index contributed by atoms with van der Waals surface area (Å²) >= 11 is 11.5. The molecule has 0 radical (unpaired) electrons. The molecule has 314 valence electrons. The molecule has 0 saturated carbocycles. The minimum atomic E-state index is -5.12. The summed E-state index contributed by atoms with van der Waals surface area (Å²) in [6.45, 7) is 6.15. The molecule has 0 aliphatic carbocycles. The Morgan fingerprint density at radius 3 is 1.47 bits per heavy atom. The molecule has 3 unspecified atom stereocenters. The highest BCUT2D eigenvalue weighted by Crippen LogP contribution is 2.43. The van der Waals surface area contributed by atoms with Gasteiger partial charge in [0.2, 0.25) is 5.50 Å². The van der Waals surface area contributed by atoms with Crippen molar-refractivity contribution in [1.29, 1.82) is 0 Å². The summed E-state index contributed by atoms with van der Waals surface area (Å²) in [7, 11) is -9.47. The Morgan fingerprint density at radius 2 is 1.07 bits per heavy atom. The lowest BCUT2D eigenvalue weighted by atomic mass is 10.1. The van der Waals surface area contributed by atoms with Gasteiger partial charge in [-0.1, -0.05) is 45.6 Å². The number of hydrogen-bond acceptors (Lipinski definition) is 8. The summed E-state index contributed by atoms with van der Waals surface area (Å²) in [5.41, 5.74) is -7.92. The average molecular weight is 908 g/mol. The van der Waals surface area contributed by atoms with Gasteiger partial charge in [-0.25, -0.2) is 30.4 Å². The minimum Gasteiger partial charge on any atom is -0.389 e. The predicted octanol–water partition coefficient (Wildman–Crippen LogP) is 10.9. The van der Waals surface area contributed by atoms with Crippen molar-refractivity contribution in [1.82, 2.24) is 0 Å². The molecule has 59 heavy (non-hydrogen) atoms. The van der Waals surface area contributed by atoms with E-state index < -0.39 is 99.1 Å². The molecule has 4 aromatic rings. The first-order valence-corrected chi connectivity index (χ1v) is 20.8. The highest BCUT2D eigenvalue weighted by molar-refractivity contribution is 8.09. The van der Waals surface area contributed by atoms with Gasteiger partial charge in [-0.2, -0.15) is 8.78 Å². The summed E-state index contributed by atoms with van der Waals surface area (Å²) in [6.07, 6.45) is -0.533. The van der Waals surface area contributed by atoms with E-state index in [-0.39, 0.29) is 27.6 Å². The number of benzene rings is 4. The van der Waals surface area contributed by atoms with E-state index in [1.54, 1.807) is 13.8 Å². The fourth-order valence-electron chi connectivity index (χ4n) is 5.32. The third-order valence-electron chi connectivity index (χ3n) is 8.32. The van der Waals surface area contributed by atoms with Crippen LogP contribution in [0, 0.1) is 23.3 Å². The Labute approximate surface area is 343 Å². The Kier molecular flexibility index (Phi) is 13.1. The van der Waals surface area contributed by atoms with Crippen LogP contribution in [0.15, 0.2) is 104 Å². The van der Waals surface area contributed by atoms with Crippen LogP contribution in [-0.4, -0.2) is 41.5 Å². The van der Waals surface area contributed by atoms with Gasteiger partial charge in [-0.15, -0.1) is 8.73 Å². The zero-order valence-corrected chi connectivity index (χ0v) is 34.2. The zero-order valence-electron chi connectivity index (χ0n) is 31.0. The van der Waals surface area contributed by atoms with Gasteiger partial charge < -0.3 is 9.68 Å². The summed E-state index contributed by atoms with van der Waals surface area (Å²) in [5, 5.41) is 1.75. The van der Waals surface area contributed by atoms with Gasteiger partial charge >= 0.3 is 5.25 Å². The summed E-state index contributed by atoms with van der Waals surface area (Å²) in [5.74, 6) is -8.11. The van der Waals surface area contributed by atoms with Crippen LogP contribution in [0.2, 0.25) is 10.0 Å². The van der Waals surface area contributed by atoms with Crippen LogP contribution >= 0.6 is 23.2 Å². The van der Waals surface area contributed by atoms with Gasteiger partial charge in [0.05, 0.1) is 5.56 Å². The molecule has 2 heterocycles. The smallest absolute Gasteiger partial charge is 0.365 e. The fourth-order valence-corrected chi connectivity index (χ4v) is 9.61. The molecule has 10 nitrogen and oxygen atoms in total. The first kappa shape index (κ1) is 45.2. The lowest BCUT2D eigenvalue weighted by Crippen LogP contribution is -2.36. The maximum absolute atomic E-state index is 15.4. The molecule has 0 fully saturated rings. The third kappa shape index (κ3) is 9.63. The van der Waals surface area contributed by atoms with E-state index in [2.05, 4.69) is 19.0 Å². The Morgan fingerprint density at radius 1 is 0.678 bits per heavy atom. The third-order valence-corrected chi connectivity index (χ3v) is 13.1. The van der Waals surface area contributed by atoms with E-state index in [1.807, 2.05) is 0 Å². The zero-order chi connectivity index (χ0) is 43.7. The van der Waals surface area contributed by atoms with Crippen LogP contribution in [0.25, 0.3) is 0 Å². The van der Waals surface area contributed by atoms with Crippen LogP contribution in [0.5, 0.6) is 0 Å². The number of hydrogen-bond donors (Lipinski definition) is 0. The van der Waals surface area contributed by atoms with E-state index in [1.165, 1.54) is 62.4 Å². The molecular weight excluding hydrogens is 876 g/mol. The van der Waals surface area contributed by atoms with Gasteiger partial charge in [-0.05, 0) is 100 Å². The second-order valence-electron chi connectivity index (χ2n) is 14.0. The van der Waals surface area contributed by atoms with Gasteiger partial charge in [0, 0.05) is 34.0 Å². The molecule has 0 N–H and O–H groups in total. The van der Waals surface area contributed by atoms with Crippen LogP contribution in [0.3, 0.4) is 0 Å². The van der Waals surface area contributed by atoms with E-state index in [9.17, 15) is 35.6 Å². The van der Waals surface area contributed by atoms with Crippen LogP contribution in [-0.2, 0) is 34.4 Å². The van der Waals surface area contributed by atoms with Crippen LogP contribution in [0.4, 0.5) is 30.7 Å². The van der Waals surface area contributed by atoms with Crippen molar-refractivity contribution >= 4 is 64.6 Å². The first-order valence-electron chi connectivity index (χ1n) is 16.9. The molecule has 0 bridgehead atoms. The average Bonchev–Trinajstić information content (AvgIpc) is 3.72. The van der Waals surface area contributed by atoms with Crippen molar-refractivity contribution < 1.29 is 58.4 Å². The number of alkyl halides is 3. The molecule has 2 amide bonds. The molecular formula is C38H31Cl2F7N4O6S2. The fraction of sp³-hybridized carbons (Fsp3) is 0.263. The summed E-state index contributed by atoms with van der Waals surface area (Å²) in [4.78, 5) is 35.2. The van der Waals surface area contributed by atoms with Crippen LogP contribution in [0.1, 0.15) is 77.9 Å². The monoisotopic (exact) mass is 906 g/mol. The van der Waals surface area contributed by atoms with Crippen molar-refractivity contribution in [3.8, 4) is 0 Å². The molecule has 3 atom stereocenters. The van der Waals surface area contributed by atoms with E-state index in [4.69, 9.17) is 32.9 Å².